The zero-order chi connectivity index (χ0) is 22.7. The zero-order valence-corrected chi connectivity index (χ0v) is 18.2. The van der Waals surface area contributed by atoms with Crippen molar-refractivity contribution >= 4 is 5.91 Å². The van der Waals surface area contributed by atoms with Gasteiger partial charge in [-0.25, -0.2) is 9.37 Å². The molecule has 0 fully saturated rings. The Kier molecular flexibility index (Phi) is 6.02. The highest BCUT2D eigenvalue weighted by Crippen LogP contribution is 2.31. The van der Waals surface area contributed by atoms with Gasteiger partial charge in [0.1, 0.15) is 17.3 Å². The number of rotatable bonds is 7. The highest BCUT2D eigenvalue weighted by atomic mass is 19.1. The third-order valence-corrected chi connectivity index (χ3v) is 5.30. The molecule has 164 valence electrons. The van der Waals surface area contributed by atoms with Crippen LogP contribution >= 0.6 is 0 Å². The highest BCUT2D eigenvalue weighted by Gasteiger charge is 2.19. The summed E-state index contributed by atoms with van der Waals surface area (Å²) in [7, 11) is 3.46. The molecule has 0 radical (unpaired) electrons. The number of hydrogen-bond donors (Lipinski definition) is 1. The number of aromatic nitrogens is 4. The minimum Gasteiger partial charge on any atom is -0.496 e. The molecule has 2 heterocycles. The van der Waals surface area contributed by atoms with Crippen molar-refractivity contribution in [3.63, 3.8) is 0 Å². The molecule has 32 heavy (non-hydrogen) atoms. The number of methoxy groups -OCH3 is 1. The van der Waals surface area contributed by atoms with E-state index in [4.69, 9.17) is 4.74 Å². The molecule has 0 bridgehead atoms. The first-order valence-corrected chi connectivity index (χ1v) is 10.2. The Morgan fingerprint density at radius 3 is 2.66 bits per heavy atom. The first-order chi connectivity index (χ1) is 15.5. The van der Waals surface area contributed by atoms with E-state index in [1.165, 1.54) is 12.1 Å². The van der Waals surface area contributed by atoms with E-state index in [1.54, 1.807) is 42.4 Å². The van der Waals surface area contributed by atoms with Gasteiger partial charge in [-0.2, -0.15) is 5.10 Å². The topological polar surface area (TPSA) is 74.0 Å². The molecular formula is C24H24FN5O2. The summed E-state index contributed by atoms with van der Waals surface area (Å²) in [6.07, 6.45) is 5.31. The van der Waals surface area contributed by atoms with Gasteiger partial charge in [0.05, 0.1) is 25.4 Å². The summed E-state index contributed by atoms with van der Waals surface area (Å²) in [5, 5.41) is 7.46. The van der Waals surface area contributed by atoms with E-state index in [-0.39, 0.29) is 11.7 Å². The van der Waals surface area contributed by atoms with Crippen LogP contribution in [0.5, 0.6) is 5.75 Å². The molecule has 0 aliphatic heterocycles. The minimum atomic E-state index is -0.297. The third-order valence-electron chi connectivity index (χ3n) is 5.30. The van der Waals surface area contributed by atoms with Gasteiger partial charge in [-0.1, -0.05) is 24.3 Å². The lowest BCUT2D eigenvalue weighted by atomic mass is 10.1. The summed E-state index contributed by atoms with van der Waals surface area (Å²) in [4.78, 5) is 17.2. The molecular weight excluding hydrogens is 409 g/mol. The maximum absolute atomic E-state index is 13.4. The number of para-hydroxylation sites is 1. The van der Waals surface area contributed by atoms with Gasteiger partial charge >= 0.3 is 0 Å². The van der Waals surface area contributed by atoms with Crippen LogP contribution in [0.3, 0.4) is 0 Å². The molecule has 4 rings (SSSR count). The van der Waals surface area contributed by atoms with Crippen LogP contribution in [0.1, 0.15) is 15.9 Å². The first kappa shape index (κ1) is 21.3. The van der Waals surface area contributed by atoms with E-state index >= 15 is 0 Å². The zero-order valence-electron chi connectivity index (χ0n) is 18.2. The van der Waals surface area contributed by atoms with Gasteiger partial charge in [0.2, 0.25) is 0 Å². The van der Waals surface area contributed by atoms with Crippen molar-refractivity contribution in [1.82, 2.24) is 24.6 Å². The minimum absolute atomic E-state index is 0.213. The quantitative estimate of drug-likeness (QED) is 0.481. The lowest BCUT2D eigenvalue weighted by molar-refractivity contribution is 0.0948. The predicted octanol–water partition coefficient (Wildman–Crippen LogP) is 3.84. The number of hydrogen-bond acceptors (Lipinski definition) is 4. The lowest BCUT2D eigenvalue weighted by Gasteiger charge is -2.13. The van der Waals surface area contributed by atoms with E-state index in [2.05, 4.69) is 15.4 Å². The first-order valence-electron chi connectivity index (χ1n) is 10.2. The second kappa shape index (κ2) is 9.05. The number of ether oxygens (including phenoxy) is 1. The largest absolute Gasteiger partial charge is 0.496 e. The average Bonchev–Trinajstić information content (AvgIpc) is 3.39. The van der Waals surface area contributed by atoms with Crippen LogP contribution in [0.2, 0.25) is 0 Å². The summed E-state index contributed by atoms with van der Waals surface area (Å²) in [5.74, 6) is 0.786. The molecule has 2 aromatic carbocycles. The molecule has 0 saturated carbocycles. The van der Waals surface area contributed by atoms with Crippen LogP contribution in [0.15, 0.2) is 61.1 Å². The molecule has 0 saturated heterocycles. The summed E-state index contributed by atoms with van der Waals surface area (Å²) in [6.45, 7) is 2.69. The summed E-state index contributed by atoms with van der Waals surface area (Å²) >= 11 is 0. The van der Waals surface area contributed by atoms with Crippen LogP contribution in [-0.4, -0.2) is 38.9 Å². The van der Waals surface area contributed by atoms with Crippen molar-refractivity contribution in [2.24, 2.45) is 7.05 Å². The number of aryl methyl sites for hydroxylation is 2. The molecule has 0 spiro atoms. The number of benzene rings is 2. The fourth-order valence-electron chi connectivity index (χ4n) is 3.70. The normalized spacial score (nSPS) is 10.9. The van der Waals surface area contributed by atoms with E-state index in [9.17, 15) is 9.18 Å². The van der Waals surface area contributed by atoms with Gasteiger partial charge in [-0.05, 0) is 36.2 Å². The van der Waals surface area contributed by atoms with Gasteiger partial charge in [0.25, 0.3) is 5.91 Å². The highest BCUT2D eigenvalue weighted by molar-refractivity contribution is 5.97. The molecule has 0 aliphatic carbocycles. The summed E-state index contributed by atoms with van der Waals surface area (Å²) in [6, 6.07) is 11.7. The van der Waals surface area contributed by atoms with Gasteiger partial charge in [0.15, 0.2) is 5.82 Å². The summed E-state index contributed by atoms with van der Waals surface area (Å²) in [5.41, 5.74) is 3.86. The maximum atomic E-state index is 13.4. The standard InChI is InChI=1S/C24H24FN5O2/c1-16-5-4-6-19(22(16)32-3)24(31)27-12-14-30-21(23-26-11-13-29(23)2)20(15-28-30)17-7-9-18(25)10-8-17/h4-11,13,15H,12,14H2,1-3H3,(H,27,31). The smallest absolute Gasteiger partial charge is 0.255 e. The molecule has 2 aromatic heterocycles. The Labute approximate surface area is 185 Å². The van der Waals surface area contributed by atoms with Crippen LogP contribution in [-0.2, 0) is 13.6 Å². The fraction of sp³-hybridized carbons (Fsp3) is 0.208. The van der Waals surface area contributed by atoms with Crippen molar-refractivity contribution in [3.8, 4) is 28.4 Å². The predicted molar refractivity (Wildman–Crippen MR) is 120 cm³/mol. The van der Waals surface area contributed by atoms with Crippen molar-refractivity contribution in [1.29, 1.82) is 0 Å². The number of carbonyl (C=O) groups excluding carboxylic acids is 1. The number of halogens is 1. The molecule has 7 nitrogen and oxygen atoms in total. The monoisotopic (exact) mass is 433 g/mol. The second-order valence-corrected chi connectivity index (χ2v) is 7.41. The van der Waals surface area contributed by atoms with Crippen LogP contribution in [0.25, 0.3) is 22.6 Å². The number of imidazole rings is 1. The van der Waals surface area contributed by atoms with Crippen LogP contribution in [0, 0.1) is 12.7 Å². The van der Waals surface area contributed by atoms with E-state index < -0.39 is 0 Å². The van der Waals surface area contributed by atoms with Gasteiger partial charge in [-0.3, -0.25) is 9.48 Å². The molecule has 0 aliphatic rings. The summed E-state index contributed by atoms with van der Waals surface area (Å²) < 4.78 is 22.5. The Morgan fingerprint density at radius 2 is 1.97 bits per heavy atom. The molecule has 8 heteroatoms. The Bertz CT molecular complexity index is 1240. The number of nitrogens with one attached hydrogen (secondary N) is 1. The Hall–Kier alpha value is -3.94. The van der Waals surface area contributed by atoms with Crippen LogP contribution in [0.4, 0.5) is 4.39 Å². The van der Waals surface area contributed by atoms with E-state index in [1.807, 2.05) is 36.9 Å². The average molecular weight is 433 g/mol. The van der Waals surface area contributed by atoms with Gasteiger partial charge < -0.3 is 14.6 Å². The molecule has 1 amide bonds. The van der Waals surface area contributed by atoms with Crippen molar-refractivity contribution in [3.05, 3.63) is 78.0 Å². The van der Waals surface area contributed by atoms with Gasteiger partial charge in [0, 0.05) is 31.5 Å². The number of nitrogens with zero attached hydrogens (tertiary/aromatic N) is 4. The second-order valence-electron chi connectivity index (χ2n) is 7.41. The maximum Gasteiger partial charge on any atom is 0.255 e. The molecule has 0 unspecified atom stereocenters. The van der Waals surface area contributed by atoms with Crippen molar-refractivity contribution < 1.29 is 13.9 Å². The lowest BCUT2D eigenvalue weighted by Crippen LogP contribution is -2.28. The fourth-order valence-corrected chi connectivity index (χ4v) is 3.70. The Balaban J connectivity index is 1.58. The molecule has 4 aromatic rings. The number of carbonyl (C=O) groups is 1. The van der Waals surface area contributed by atoms with E-state index in [0.29, 0.717) is 24.4 Å². The molecule has 0 atom stereocenters. The SMILES string of the molecule is COc1c(C)cccc1C(=O)NCCn1ncc(-c2ccc(F)cc2)c1-c1nccn1C. The number of amides is 1. The van der Waals surface area contributed by atoms with E-state index in [0.717, 1.165) is 28.2 Å². The Morgan fingerprint density at radius 1 is 1.19 bits per heavy atom. The van der Waals surface area contributed by atoms with Crippen molar-refractivity contribution in [2.75, 3.05) is 13.7 Å². The van der Waals surface area contributed by atoms with Gasteiger partial charge in [-0.15, -0.1) is 0 Å². The van der Waals surface area contributed by atoms with Crippen molar-refractivity contribution in [2.45, 2.75) is 13.5 Å². The van der Waals surface area contributed by atoms with Crippen LogP contribution < -0.4 is 10.1 Å². The third kappa shape index (κ3) is 4.12. The molecule has 1 N–H and O–H groups in total.